The zero-order valence-electron chi connectivity index (χ0n) is 48.1. The summed E-state index contributed by atoms with van der Waals surface area (Å²) in [6, 6.07) is 6.29. The van der Waals surface area contributed by atoms with Crippen LogP contribution in [0.25, 0.3) is 11.2 Å². The largest absolute Gasteiger partial charge is 0.474 e. The zero-order chi connectivity index (χ0) is 63.0. The number of anilines is 2. The second kappa shape index (κ2) is 28.7. The lowest BCUT2D eigenvalue weighted by molar-refractivity contribution is -0.137. The standard InChI is InChI=1S/C53H70N12O18P2S2/c1-29(2)42(59-37(66)9-7-6-8-19-64-40(68)14-15-41(64)69)48(72)57-30(3)47(71)58-33-12-10-31(11-13-33)17-20-63(52(74)75)26-53(4,5)23-38(67)60-51-61-46-43(49(73)62-51)56-28-65(46)50-45-44(70)36(81-50)25-79-84(76,86)82-35-22-34(80-39-16-18-54-27-55-39)21-32(35)24-78-85(77,87)83-45/h10-16,18,27-30,32,34-36,42,44-45,50,70H,6-9,17,19-26H2,1-5H3,(H,57,72)(H,58,71)(H,59,66)(H,74,75)(H,76,86)(H,77,87)(H2,60,61,62,67,73)/t30?,32-,34-,35+,36-,42?,44-,45-,50-,84-,85-/m1/s1. The van der Waals surface area contributed by atoms with E-state index >= 15 is 0 Å². The molecule has 4 aliphatic rings. The first-order valence-corrected chi connectivity index (χ1v) is 33.4. The molecule has 87 heavy (non-hydrogen) atoms. The van der Waals surface area contributed by atoms with Crippen LogP contribution in [0.5, 0.6) is 5.88 Å². The van der Waals surface area contributed by atoms with E-state index in [2.05, 4.69) is 70.7 Å². The summed E-state index contributed by atoms with van der Waals surface area (Å²) in [4.78, 5) is 124. The summed E-state index contributed by atoms with van der Waals surface area (Å²) in [6.07, 6.45) is 0.00119. The van der Waals surface area contributed by atoms with Gasteiger partial charge in [0.05, 0.1) is 25.6 Å². The molecule has 3 aromatic heterocycles. The van der Waals surface area contributed by atoms with E-state index in [1.807, 2.05) is 0 Å². The van der Waals surface area contributed by atoms with Gasteiger partial charge < -0.3 is 45.1 Å². The smallest absolute Gasteiger partial charge is 0.407 e. The Labute approximate surface area is 509 Å². The van der Waals surface area contributed by atoms with Gasteiger partial charge in [-0.3, -0.25) is 66.9 Å². The van der Waals surface area contributed by atoms with E-state index in [0.717, 1.165) is 21.7 Å². The molecule has 1 aliphatic carbocycles. The number of amides is 7. The molecule has 11 atom stereocenters. The average molecular weight is 1290 g/mol. The van der Waals surface area contributed by atoms with Crippen LogP contribution < -0.4 is 31.6 Å². The number of aliphatic hydroxyl groups excluding tert-OH is 1. The molecular formula is C53H70N12O18P2S2. The Morgan fingerprint density at radius 1 is 0.885 bits per heavy atom. The SMILES string of the molecule is CC(NC(=O)C(NC(=O)CCCCCN1C(=O)C=CC1=O)C(C)C)C(=O)Nc1ccc(CCN(CC(C)(C)CC(=O)Nc2nc3c(ncn3[C@@H]3O[C@@H]4CO[P@@](=O)(S)O[C@H]5C[C@H](Oc6ccncn6)C[C@@H]5CO[P@@](=O)(S)O[C@@H]3[C@@H]4O)c(=O)[nH]2)C(=O)O)cc1. The maximum absolute atomic E-state index is 13.9. The van der Waals surface area contributed by atoms with E-state index in [4.69, 9.17) is 27.6 Å². The van der Waals surface area contributed by atoms with Gasteiger partial charge in [0.15, 0.2) is 17.4 Å². The van der Waals surface area contributed by atoms with Crippen LogP contribution in [-0.4, -0.2) is 166 Å². The Hall–Kier alpha value is -6.60. The van der Waals surface area contributed by atoms with Crippen molar-refractivity contribution in [2.45, 2.75) is 135 Å². The summed E-state index contributed by atoms with van der Waals surface area (Å²) in [5.74, 6) is -3.75. The molecule has 3 aliphatic heterocycles. The van der Waals surface area contributed by atoms with Crippen LogP contribution in [0.2, 0.25) is 0 Å². The molecule has 0 spiro atoms. The molecule has 2 bridgehead atoms. The summed E-state index contributed by atoms with van der Waals surface area (Å²) >= 11 is 8.40. The number of benzene rings is 1. The number of aliphatic hydroxyl groups is 1. The van der Waals surface area contributed by atoms with Crippen molar-refractivity contribution in [3.8, 4) is 5.88 Å². The number of ether oxygens (including phenoxy) is 2. The van der Waals surface area contributed by atoms with Crippen molar-refractivity contribution in [2.75, 3.05) is 43.5 Å². The minimum absolute atomic E-state index is 0.0217. The van der Waals surface area contributed by atoms with Crippen LogP contribution in [0.4, 0.5) is 16.4 Å². The highest BCUT2D eigenvalue weighted by Crippen LogP contribution is 2.60. The van der Waals surface area contributed by atoms with E-state index < -0.39 is 110 Å². The fourth-order valence-electron chi connectivity index (χ4n) is 10.3. The lowest BCUT2D eigenvalue weighted by atomic mass is 9.88. The number of imidazole rings is 1. The summed E-state index contributed by atoms with van der Waals surface area (Å²) in [5.41, 5.74) is -1.07. The Kier molecular flexibility index (Phi) is 21.9. The highest BCUT2D eigenvalue weighted by atomic mass is 32.7. The number of nitrogens with one attached hydrogen (secondary N) is 5. The monoisotopic (exact) mass is 1290 g/mol. The van der Waals surface area contributed by atoms with Crippen LogP contribution in [0.1, 0.15) is 91.4 Å². The van der Waals surface area contributed by atoms with Crippen LogP contribution in [0.3, 0.4) is 0 Å². The molecule has 3 fully saturated rings. The third kappa shape index (κ3) is 18.0. The highest BCUT2D eigenvalue weighted by molar-refractivity contribution is 8.44. The Morgan fingerprint density at radius 2 is 1.60 bits per heavy atom. The molecule has 34 heteroatoms. The van der Waals surface area contributed by atoms with E-state index in [-0.39, 0.29) is 105 Å². The molecule has 472 valence electrons. The number of carbonyl (C=O) groups is 7. The lowest BCUT2D eigenvalue weighted by Gasteiger charge is -2.30. The number of fused-ring (bicyclic) bond motifs is 4. The van der Waals surface area contributed by atoms with E-state index in [1.165, 1.54) is 36.2 Å². The Bertz CT molecular complexity index is 3360. The first-order chi connectivity index (χ1) is 41.1. The van der Waals surface area contributed by atoms with Crippen molar-refractivity contribution in [2.24, 2.45) is 17.3 Å². The average Bonchev–Trinajstić information content (AvgIpc) is 1.73. The molecule has 1 aromatic carbocycles. The van der Waals surface area contributed by atoms with Crippen molar-refractivity contribution in [1.29, 1.82) is 0 Å². The van der Waals surface area contributed by atoms with Crippen LogP contribution in [0.15, 0.2) is 66.1 Å². The maximum Gasteiger partial charge on any atom is 0.407 e. The number of aromatic nitrogens is 6. The van der Waals surface area contributed by atoms with Gasteiger partial charge in [-0.05, 0) is 61.6 Å². The van der Waals surface area contributed by atoms with Gasteiger partial charge in [-0.15, -0.1) is 0 Å². The van der Waals surface area contributed by atoms with Gasteiger partial charge in [-0.25, -0.2) is 28.9 Å². The number of carboxylic acid groups (broad SMARTS) is 1. The summed E-state index contributed by atoms with van der Waals surface area (Å²) in [6.45, 7) is -0.873. The van der Waals surface area contributed by atoms with Gasteiger partial charge in [0.25, 0.3) is 17.4 Å². The Morgan fingerprint density at radius 3 is 2.29 bits per heavy atom. The van der Waals surface area contributed by atoms with Crippen molar-refractivity contribution in [3.63, 3.8) is 0 Å². The molecular weight excluding hydrogens is 1220 g/mol. The number of unbranched alkanes of at least 4 members (excludes halogenated alkanes) is 2. The van der Waals surface area contributed by atoms with Gasteiger partial charge in [0.2, 0.25) is 35.5 Å². The number of hydrogen-bond donors (Lipinski definition) is 9. The third-order valence-corrected chi connectivity index (χ3v) is 18.0. The lowest BCUT2D eigenvalue weighted by Crippen LogP contribution is -2.53. The van der Waals surface area contributed by atoms with E-state index in [1.54, 1.807) is 58.0 Å². The second-order valence-corrected chi connectivity index (χ2v) is 28.3. The highest BCUT2D eigenvalue weighted by Gasteiger charge is 2.51. The predicted octanol–water partition coefficient (Wildman–Crippen LogP) is 4.57. The molecule has 4 aromatic rings. The fraction of sp³-hybridized carbons (Fsp3) is 0.547. The molecule has 30 nitrogen and oxygen atoms in total. The molecule has 6 heterocycles. The molecule has 2 saturated heterocycles. The van der Waals surface area contributed by atoms with Crippen LogP contribution in [0, 0.1) is 17.3 Å². The number of hydrogen-bond acceptors (Lipinski definition) is 21. The number of H-pyrrole nitrogens is 1. The van der Waals surface area contributed by atoms with Gasteiger partial charge in [-0.2, -0.15) is 4.98 Å². The number of carbonyl (C=O) groups excluding carboxylic acids is 6. The van der Waals surface area contributed by atoms with E-state index in [0.29, 0.717) is 24.9 Å². The fourth-order valence-corrected chi connectivity index (χ4v) is 13.4. The third-order valence-electron chi connectivity index (χ3n) is 14.7. The van der Waals surface area contributed by atoms with Crippen molar-refractivity contribution in [1.82, 2.24) is 49.9 Å². The molecule has 1 saturated carbocycles. The van der Waals surface area contributed by atoms with Gasteiger partial charge in [-0.1, -0.05) is 70.7 Å². The number of imide groups is 1. The predicted molar refractivity (Wildman–Crippen MR) is 316 cm³/mol. The summed E-state index contributed by atoms with van der Waals surface area (Å²) < 4.78 is 64.0. The van der Waals surface area contributed by atoms with Gasteiger partial charge in [0.1, 0.15) is 42.8 Å². The molecule has 7 N–H and O–H groups in total. The van der Waals surface area contributed by atoms with Crippen LogP contribution in [-0.2, 0) is 67.1 Å². The van der Waals surface area contributed by atoms with E-state index in [9.17, 15) is 57.7 Å². The number of thiol groups is 2. The second-order valence-electron chi connectivity index (χ2n) is 22.6. The topological polar surface area (TPSA) is 393 Å². The van der Waals surface area contributed by atoms with Crippen LogP contribution >= 0.6 is 38.1 Å². The molecule has 0 radical (unpaired) electrons. The first kappa shape index (κ1) is 66.4. The summed E-state index contributed by atoms with van der Waals surface area (Å²) in [7, 11) is 0. The zero-order valence-corrected chi connectivity index (χ0v) is 51.7. The molecule has 7 amide bonds. The van der Waals surface area contributed by atoms with Crippen molar-refractivity contribution in [3.05, 3.63) is 77.3 Å². The van der Waals surface area contributed by atoms with Crippen molar-refractivity contribution < 1.29 is 80.5 Å². The minimum atomic E-state index is -4.37. The van der Waals surface area contributed by atoms with Gasteiger partial charge in [0, 0.05) is 74.9 Å². The minimum Gasteiger partial charge on any atom is -0.474 e. The first-order valence-electron chi connectivity index (χ1n) is 28.0. The van der Waals surface area contributed by atoms with Gasteiger partial charge >= 0.3 is 19.7 Å². The number of aromatic amines is 1. The quantitative estimate of drug-likeness (QED) is 0.0213. The molecule has 8 rings (SSSR count). The number of nitrogens with zero attached hydrogens (tertiary/aromatic N) is 7. The normalized spacial score (nSPS) is 25.6. The summed E-state index contributed by atoms with van der Waals surface area (Å²) in [5, 5.41) is 32.5. The molecule has 2 unspecified atom stereocenters. The maximum atomic E-state index is 13.9. The Balaban J connectivity index is 0.820. The number of rotatable bonds is 23. The van der Waals surface area contributed by atoms with Crippen molar-refractivity contribution >= 4 is 102 Å².